The zero-order valence-corrected chi connectivity index (χ0v) is 15.7. The van der Waals surface area contributed by atoms with E-state index in [0.717, 1.165) is 28.8 Å². The van der Waals surface area contributed by atoms with Gasteiger partial charge in [0, 0.05) is 45.4 Å². The molecular formula is C20H19ClN2O2S. The first-order valence-corrected chi connectivity index (χ1v) is 9.90. The normalized spacial score (nSPS) is 15.3. The lowest BCUT2D eigenvalue weighted by Crippen LogP contribution is -2.40. The number of likely N-dealkylation sites (tertiary alicyclic amines) is 1. The minimum atomic E-state index is -0.265. The van der Waals surface area contributed by atoms with Crippen molar-refractivity contribution in [3.05, 3.63) is 59.8 Å². The van der Waals surface area contributed by atoms with E-state index in [0.29, 0.717) is 24.1 Å². The van der Waals surface area contributed by atoms with Gasteiger partial charge in [-0.2, -0.15) is 0 Å². The van der Waals surface area contributed by atoms with Gasteiger partial charge in [-0.15, -0.1) is 11.8 Å². The van der Waals surface area contributed by atoms with Crippen molar-refractivity contribution in [1.29, 1.82) is 0 Å². The number of aromatic amines is 1. The molecule has 4 nitrogen and oxygen atoms in total. The number of hydrogen-bond acceptors (Lipinski definition) is 3. The van der Waals surface area contributed by atoms with Crippen LogP contribution in [0.3, 0.4) is 0 Å². The van der Waals surface area contributed by atoms with Crippen LogP contribution >= 0.6 is 23.4 Å². The van der Waals surface area contributed by atoms with Gasteiger partial charge in [0.2, 0.25) is 0 Å². The highest BCUT2D eigenvalue weighted by molar-refractivity contribution is 8.00. The van der Waals surface area contributed by atoms with Gasteiger partial charge >= 0.3 is 6.09 Å². The number of H-pyrrole nitrogens is 1. The molecule has 0 saturated carbocycles. The third-order valence-corrected chi connectivity index (χ3v) is 6.18. The second kappa shape index (κ2) is 7.64. The molecule has 1 N–H and O–H groups in total. The van der Waals surface area contributed by atoms with Gasteiger partial charge in [-0.1, -0.05) is 29.8 Å². The van der Waals surface area contributed by atoms with Crippen LogP contribution < -0.4 is 4.74 Å². The smallest absolute Gasteiger partial charge is 0.410 e. The summed E-state index contributed by atoms with van der Waals surface area (Å²) >= 11 is 7.99. The fourth-order valence-corrected chi connectivity index (χ4v) is 4.55. The van der Waals surface area contributed by atoms with Crippen LogP contribution in [0.1, 0.15) is 12.8 Å². The highest BCUT2D eigenvalue weighted by atomic mass is 35.5. The van der Waals surface area contributed by atoms with E-state index in [1.165, 1.54) is 4.90 Å². The first-order chi connectivity index (χ1) is 12.7. The molecule has 3 aromatic rings. The Balaban J connectivity index is 1.34. The summed E-state index contributed by atoms with van der Waals surface area (Å²) in [6.45, 7) is 1.43. The summed E-state index contributed by atoms with van der Waals surface area (Å²) in [5.41, 5.74) is 1.10. The molecule has 0 radical (unpaired) electrons. The van der Waals surface area contributed by atoms with E-state index >= 15 is 0 Å². The van der Waals surface area contributed by atoms with Crippen molar-refractivity contribution in [2.75, 3.05) is 13.1 Å². The average molecular weight is 387 g/mol. The molecule has 0 atom stereocenters. The fraction of sp³-hybridized carbons (Fsp3) is 0.250. The third-order valence-electron chi connectivity index (χ3n) is 4.55. The quantitative estimate of drug-likeness (QED) is 0.639. The molecule has 0 aliphatic carbocycles. The zero-order chi connectivity index (χ0) is 17.9. The van der Waals surface area contributed by atoms with Crippen molar-refractivity contribution in [3.8, 4) is 5.75 Å². The number of carbonyl (C=O) groups is 1. The van der Waals surface area contributed by atoms with Gasteiger partial charge in [-0.05, 0) is 43.2 Å². The van der Waals surface area contributed by atoms with Gasteiger partial charge in [-0.3, -0.25) is 0 Å². The SMILES string of the molecule is O=C(Oc1ccccc1)N1CCC(Sc2c[nH]c3ccc(Cl)cc23)CC1. The number of piperidine rings is 1. The molecule has 134 valence electrons. The van der Waals surface area contributed by atoms with Crippen LogP contribution in [0.25, 0.3) is 10.9 Å². The lowest BCUT2D eigenvalue weighted by Gasteiger charge is -2.30. The molecule has 6 heteroatoms. The number of halogens is 1. The van der Waals surface area contributed by atoms with E-state index in [1.54, 1.807) is 17.0 Å². The van der Waals surface area contributed by atoms with Gasteiger partial charge in [0.1, 0.15) is 5.75 Å². The number of nitrogens with one attached hydrogen (secondary N) is 1. The van der Waals surface area contributed by atoms with Gasteiger partial charge < -0.3 is 14.6 Å². The largest absolute Gasteiger partial charge is 0.415 e. The van der Waals surface area contributed by atoms with E-state index in [1.807, 2.05) is 54.4 Å². The van der Waals surface area contributed by atoms with Crippen LogP contribution in [0, 0.1) is 0 Å². The number of amides is 1. The lowest BCUT2D eigenvalue weighted by molar-refractivity contribution is 0.143. The number of thioether (sulfide) groups is 1. The van der Waals surface area contributed by atoms with Crippen molar-refractivity contribution in [3.63, 3.8) is 0 Å². The molecule has 26 heavy (non-hydrogen) atoms. The number of carbonyl (C=O) groups excluding carboxylic acids is 1. The van der Waals surface area contributed by atoms with Crippen LogP contribution in [0.2, 0.25) is 5.02 Å². The fourth-order valence-electron chi connectivity index (χ4n) is 3.15. The maximum atomic E-state index is 12.3. The molecule has 1 aromatic heterocycles. The topological polar surface area (TPSA) is 45.3 Å². The monoisotopic (exact) mass is 386 g/mol. The van der Waals surface area contributed by atoms with E-state index in [4.69, 9.17) is 16.3 Å². The second-order valence-corrected chi connectivity index (χ2v) is 8.11. The van der Waals surface area contributed by atoms with Crippen molar-refractivity contribution in [1.82, 2.24) is 9.88 Å². The highest BCUT2D eigenvalue weighted by Gasteiger charge is 2.25. The molecule has 1 amide bonds. The summed E-state index contributed by atoms with van der Waals surface area (Å²) in [5, 5.41) is 2.39. The number of rotatable bonds is 3. The van der Waals surface area contributed by atoms with Crippen LogP contribution in [0.15, 0.2) is 59.6 Å². The van der Waals surface area contributed by atoms with Crippen LogP contribution in [0.4, 0.5) is 4.79 Å². The number of ether oxygens (including phenoxy) is 1. The molecule has 1 aliphatic heterocycles. The maximum absolute atomic E-state index is 12.3. The summed E-state index contributed by atoms with van der Waals surface area (Å²) in [4.78, 5) is 18.6. The predicted octanol–water partition coefficient (Wildman–Crippen LogP) is 5.58. The van der Waals surface area contributed by atoms with E-state index in [9.17, 15) is 4.79 Å². The maximum Gasteiger partial charge on any atom is 0.415 e. The zero-order valence-electron chi connectivity index (χ0n) is 14.2. The van der Waals surface area contributed by atoms with Crippen molar-refractivity contribution < 1.29 is 9.53 Å². The molecule has 1 aliphatic rings. The third kappa shape index (κ3) is 3.84. The molecule has 0 bridgehead atoms. The Morgan fingerprint density at radius 2 is 1.92 bits per heavy atom. The van der Waals surface area contributed by atoms with E-state index in [-0.39, 0.29) is 6.09 Å². The Morgan fingerprint density at radius 1 is 1.15 bits per heavy atom. The molecule has 0 unspecified atom stereocenters. The predicted molar refractivity (Wildman–Crippen MR) is 106 cm³/mol. The minimum Gasteiger partial charge on any atom is -0.410 e. The number of para-hydroxylation sites is 1. The molecule has 2 aromatic carbocycles. The van der Waals surface area contributed by atoms with E-state index in [2.05, 4.69) is 4.98 Å². The molecule has 1 saturated heterocycles. The first-order valence-electron chi connectivity index (χ1n) is 8.64. The van der Waals surface area contributed by atoms with Gasteiger partial charge in [0.05, 0.1) is 0 Å². The van der Waals surface area contributed by atoms with Crippen LogP contribution in [-0.4, -0.2) is 34.3 Å². The Labute approximate surface area is 161 Å². The van der Waals surface area contributed by atoms with Crippen LogP contribution in [-0.2, 0) is 0 Å². The Morgan fingerprint density at radius 3 is 2.69 bits per heavy atom. The van der Waals surface area contributed by atoms with Crippen molar-refractivity contribution in [2.45, 2.75) is 23.0 Å². The molecule has 2 heterocycles. The Kier molecular flexibility index (Phi) is 5.09. The van der Waals surface area contributed by atoms with Crippen molar-refractivity contribution >= 4 is 40.4 Å². The average Bonchev–Trinajstić information content (AvgIpc) is 3.05. The minimum absolute atomic E-state index is 0.265. The number of nitrogens with zero attached hydrogens (tertiary/aromatic N) is 1. The number of benzene rings is 2. The highest BCUT2D eigenvalue weighted by Crippen LogP contribution is 2.36. The first kappa shape index (κ1) is 17.3. The molecule has 1 fully saturated rings. The second-order valence-electron chi connectivity index (χ2n) is 6.33. The summed E-state index contributed by atoms with van der Waals surface area (Å²) in [6.07, 6.45) is 3.67. The standard InChI is InChI=1S/C20H19ClN2O2S/c21-14-6-7-18-17(12-14)19(13-22-18)26-16-8-10-23(11-9-16)20(24)25-15-4-2-1-3-5-15/h1-7,12-13,16,22H,8-11H2. The summed E-state index contributed by atoms with van der Waals surface area (Å²) < 4.78 is 5.43. The molecule has 4 rings (SSSR count). The summed E-state index contributed by atoms with van der Waals surface area (Å²) in [6, 6.07) is 15.1. The number of fused-ring (bicyclic) bond motifs is 1. The molecular weight excluding hydrogens is 368 g/mol. The van der Waals surface area contributed by atoms with Crippen LogP contribution in [0.5, 0.6) is 5.75 Å². The Bertz CT molecular complexity index is 905. The van der Waals surface area contributed by atoms with Gasteiger partial charge in [0.15, 0.2) is 0 Å². The van der Waals surface area contributed by atoms with Crippen molar-refractivity contribution in [2.24, 2.45) is 0 Å². The van der Waals surface area contributed by atoms with E-state index < -0.39 is 0 Å². The van der Waals surface area contributed by atoms with Gasteiger partial charge in [0.25, 0.3) is 0 Å². The molecule has 0 spiro atoms. The Hall–Kier alpha value is -2.11. The summed E-state index contributed by atoms with van der Waals surface area (Å²) in [5.74, 6) is 0.588. The number of hydrogen-bond donors (Lipinski definition) is 1. The number of aromatic nitrogens is 1. The lowest BCUT2D eigenvalue weighted by atomic mass is 10.1. The summed E-state index contributed by atoms with van der Waals surface area (Å²) in [7, 11) is 0. The van der Waals surface area contributed by atoms with Gasteiger partial charge in [-0.25, -0.2) is 4.79 Å².